The Bertz CT molecular complexity index is 744. The minimum Gasteiger partial charge on any atom is -0.339 e. The molecule has 1 fully saturated rings. The molecule has 10 heteroatoms. The number of benzene rings is 1. The number of nitro benzene ring substituents is 1. The summed E-state index contributed by atoms with van der Waals surface area (Å²) in [5.41, 5.74) is 5.37. The number of rotatable bonds is 6. The predicted octanol–water partition coefficient (Wildman–Crippen LogP) is 0.555. The van der Waals surface area contributed by atoms with Gasteiger partial charge in [0.2, 0.25) is 15.9 Å². The number of para-hydroxylation sites is 1. The highest BCUT2D eigenvalue weighted by Crippen LogP contribution is 2.26. The third-order valence-electron chi connectivity index (χ3n) is 4.15. The van der Waals surface area contributed by atoms with Crippen LogP contribution in [-0.2, 0) is 14.8 Å². The Balaban J connectivity index is 2.12. The first kappa shape index (κ1) is 19.3. The number of carbonyl (C=O) groups is 1. The maximum atomic E-state index is 12.7. The molecule has 1 aliphatic rings. The standard InChI is InChI=1S/C15H22N4O5S/c1-2-5-12(16)15(20)17-8-10-18(11-9-17)25(23,24)14-7-4-3-6-13(14)19(21)22/h3-4,6-7,12H,2,5,8-11,16H2,1H3. The Morgan fingerprint density at radius 2 is 1.88 bits per heavy atom. The van der Waals surface area contributed by atoms with E-state index in [0.717, 1.165) is 12.5 Å². The first-order valence-corrected chi connectivity index (χ1v) is 9.51. The van der Waals surface area contributed by atoms with Gasteiger partial charge in [-0.05, 0) is 12.5 Å². The van der Waals surface area contributed by atoms with Crippen molar-refractivity contribution in [2.45, 2.75) is 30.7 Å². The second kappa shape index (κ2) is 7.89. The van der Waals surface area contributed by atoms with Crippen LogP contribution in [0.5, 0.6) is 0 Å². The average Bonchev–Trinajstić information content (AvgIpc) is 2.61. The predicted molar refractivity (Wildman–Crippen MR) is 91.3 cm³/mol. The topological polar surface area (TPSA) is 127 Å². The van der Waals surface area contributed by atoms with Crippen molar-refractivity contribution in [3.63, 3.8) is 0 Å². The summed E-state index contributed by atoms with van der Waals surface area (Å²) in [5.74, 6) is -0.190. The van der Waals surface area contributed by atoms with Crippen molar-refractivity contribution in [2.24, 2.45) is 5.73 Å². The molecule has 1 aliphatic heterocycles. The van der Waals surface area contributed by atoms with Crippen molar-refractivity contribution in [3.05, 3.63) is 34.4 Å². The molecular weight excluding hydrogens is 348 g/mol. The highest BCUT2D eigenvalue weighted by atomic mass is 32.2. The van der Waals surface area contributed by atoms with Gasteiger partial charge in [0.05, 0.1) is 11.0 Å². The minimum absolute atomic E-state index is 0.0823. The Morgan fingerprint density at radius 1 is 1.28 bits per heavy atom. The normalized spacial score (nSPS) is 17.3. The number of amides is 1. The van der Waals surface area contributed by atoms with Crippen molar-refractivity contribution in [1.82, 2.24) is 9.21 Å². The van der Waals surface area contributed by atoms with E-state index in [9.17, 15) is 23.3 Å². The molecule has 1 atom stereocenters. The van der Waals surface area contributed by atoms with Gasteiger partial charge >= 0.3 is 0 Å². The Hall–Kier alpha value is -2.04. The summed E-state index contributed by atoms with van der Waals surface area (Å²) in [6.45, 7) is 2.54. The largest absolute Gasteiger partial charge is 0.339 e. The minimum atomic E-state index is -3.99. The van der Waals surface area contributed by atoms with Crippen LogP contribution in [0.1, 0.15) is 19.8 Å². The fraction of sp³-hybridized carbons (Fsp3) is 0.533. The van der Waals surface area contributed by atoms with Crippen molar-refractivity contribution < 1.29 is 18.1 Å². The number of hydrogen-bond acceptors (Lipinski definition) is 6. The molecule has 0 bridgehead atoms. The molecule has 0 radical (unpaired) electrons. The molecule has 0 spiro atoms. The molecule has 0 aromatic heterocycles. The maximum Gasteiger partial charge on any atom is 0.289 e. The van der Waals surface area contributed by atoms with E-state index in [0.29, 0.717) is 6.42 Å². The van der Waals surface area contributed by atoms with Gasteiger partial charge < -0.3 is 10.6 Å². The smallest absolute Gasteiger partial charge is 0.289 e. The first-order valence-electron chi connectivity index (χ1n) is 8.07. The lowest BCUT2D eigenvalue weighted by molar-refractivity contribution is -0.387. The van der Waals surface area contributed by atoms with Gasteiger partial charge in [-0.15, -0.1) is 0 Å². The summed E-state index contributed by atoms with van der Waals surface area (Å²) in [6.07, 6.45) is 1.37. The fourth-order valence-electron chi connectivity index (χ4n) is 2.78. The van der Waals surface area contributed by atoms with Gasteiger partial charge in [-0.1, -0.05) is 25.5 Å². The zero-order chi connectivity index (χ0) is 18.6. The van der Waals surface area contributed by atoms with E-state index in [1.807, 2.05) is 6.92 Å². The molecule has 2 N–H and O–H groups in total. The quantitative estimate of drug-likeness (QED) is 0.576. The number of piperazine rings is 1. The molecule has 1 unspecified atom stereocenters. The SMILES string of the molecule is CCCC(N)C(=O)N1CCN(S(=O)(=O)c2ccccc2[N+](=O)[O-])CC1. The Kier molecular flexibility index (Phi) is 6.09. The van der Waals surface area contributed by atoms with Crippen molar-refractivity contribution in [1.29, 1.82) is 0 Å². The van der Waals surface area contributed by atoms with E-state index in [-0.39, 0.29) is 37.0 Å². The molecule has 138 valence electrons. The van der Waals surface area contributed by atoms with Gasteiger partial charge in [-0.2, -0.15) is 4.31 Å². The van der Waals surface area contributed by atoms with Gasteiger partial charge in [0.25, 0.3) is 5.69 Å². The van der Waals surface area contributed by atoms with Crippen molar-refractivity contribution >= 4 is 21.6 Å². The van der Waals surface area contributed by atoms with Crippen LogP contribution in [0, 0.1) is 10.1 Å². The van der Waals surface area contributed by atoms with Crippen molar-refractivity contribution in [3.8, 4) is 0 Å². The average molecular weight is 370 g/mol. The van der Waals surface area contributed by atoms with Crippen LogP contribution < -0.4 is 5.73 Å². The zero-order valence-corrected chi connectivity index (χ0v) is 14.8. The molecule has 25 heavy (non-hydrogen) atoms. The molecule has 2 rings (SSSR count). The second-order valence-corrected chi connectivity index (χ2v) is 7.76. The summed E-state index contributed by atoms with van der Waals surface area (Å²) in [5, 5.41) is 11.1. The summed E-state index contributed by atoms with van der Waals surface area (Å²) in [6, 6.07) is 4.67. The molecular formula is C15H22N4O5S. The van der Waals surface area contributed by atoms with Crippen LogP contribution in [0.3, 0.4) is 0 Å². The number of carbonyl (C=O) groups excluding carboxylic acids is 1. The third kappa shape index (κ3) is 4.14. The fourth-order valence-corrected chi connectivity index (χ4v) is 4.36. The van der Waals surface area contributed by atoms with Crippen LogP contribution in [0.4, 0.5) is 5.69 Å². The van der Waals surface area contributed by atoms with Gasteiger partial charge in [-0.25, -0.2) is 8.42 Å². The molecule has 1 heterocycles. The van der Waals surface area contributed by atoms with Crippen LogP contribution in [-0.4, -0.2) is 60.7 Å². The van der Waals surface area contributed by atoms with Gasteiger partial charge in [0.15, 0.2) is 4.90 Å². The lowest BCUT2D eigenvalue weighted by atomic mass is 10.1. The van der Waals surface area contributed by atoms with Gasteiger partial charge in [0.1, 0.15) is 0 Å². The highest BCUT2D eigenvalue weighted by molar-refractivity contribution is 7.89. The molecule has 0 aliphatic carbocycles. The van der Waals surface area contributed by atoms with Gasteiger partial charge in [0, 0.05) is 32.2 Å². The highest BCUT2D eigenvalue weighted by Gasteiger charge is 2.35. The van der Waals surface area contributed by atoms with Crippen LogP contribution >= 0.6 is 0 Å². The van der Waals surface area contributed by atoms with E-state index in [4.69, 9.17) is 5.73 Å². The molecule has 1 aromatic carbocycles. The molecule has 1 aromatic rings. The lowest BCUT2D eigenvalue weighted by Crippen LogP contribution is -2.54. The number of hydrogen-bond donors (Lipinski definition) is 1. The van der Waals surface area contributed by atoms with Crippen molar-refractivity contribution in [2.75, 3.05) is 26.2 Å². The van der Waals surface area contributed by atoms with E-state index >= 15 is 0 Å². The van der Waals surface area contributed by atoms with E-state index in [2.05, 4.69) is 0 Å². The molecule has 9 nitrogen and oxygen atoms in total. The summed E-state index contributed by atoms with van der Waals surface area (Å²) in [4.78, 5) is 23.8. The maximum absolute atomic E-state index is 12.7. The Morgan fingerprint density at radius 3 is 2.44 bits per heavy atom. The van der Waals surface area contributed by atoms with Crippen LogP contribution in [0.15, 0.2) is 29.2 Å². The third-order valence-corrected chi connectivity index (χ3v) is 6.09. The summed E-state index contributed by atoms with van der Waals surface area (Å²) >= 11 is 0. The number of nitrogens with zero attached hydrogens (tertiary/aromatic N) is 3. The number of nitro groups is 1. The Labute approximate surface area is 146 Å². The van der Waals surface area contributed by atoms with Gasteiger partial charge in [-0.3, -0.25) is 14.9 Å². The zero-order valence-electron chi connectivity index (χ0n) is 14.0. The second-order valence-electron chi connectivity index (χ2n) is 5.85. The van der Waals surface area contributed by atoms with E-state index in [1.165, 1.54) is 22.5 Å². The summed E-state index contributed by atoms with van der Waals surface area (Å²) < 4.78 is 26.6. The number of nitrogens with two attached hydrogens (primary N) is 1. The lowest BCUT2D eigenvalue weighted by Gasteiger charge is -2.35. The van der Waals surface area contributed by atoms with E-state index in [1.54, 1.807) is 4.90 Å². The molecule has 0 saturated carbocycles. The number of sulfonamides is 1. The molecule has 1 saturated heterocycles. The first-order chi connectivity index (χ1) is 11.8. The molecule has 1 amide bonds. The summed E-state index contributed by atoms with van der Waals surface area (Å²) in [7, 11) is -3.99. The van der Waals surface area contributed by atoms with E-state index < -0.39 is 26.7 Å². The monoisotopic (exact) mass is 370 g/mol. The van der Waals surface area contributed by atoms with Crippen LogP contribution in [0.2, 0.25) is 0 Å². The van der Waals surface area contributed by atoms with Crippen LogP contribution in [0.25, 0.3) is 0 Å².